The van der Waals surface area contributed by atoms with Crippen molar-refractivity contribution in [1.82, 2.24) is 10.2 Å². The average molecular weight is 301 g/mol. The molecule has 0 aromatic heterocycles. The van der Waals surface area contributed by atoms with Gasteiger partial charge in [0.25, 0.3) is 0 Å². The van der Waals surface area contributed by atoms with E-state index in [1.165, 1.54) is 51.4 Å². The molecule has 0 bridgehead atoms. The topological polar surface area (TPSA) is 32.3 Å². The van der Waals surface area contributed by atoms with Crippen LogP contribution in [-0.4, -0.2) is 36.5 Å². The van der Waals surface area contributed by atoms with Gasteiger partial charge in [-0.2, -0.15) is 0 Å². The maximum Gasteiger partial charge on any atom is 0.227 e. The fourth-order valence-corrected chi connectivity index (χ4v) is 4.28. The van der Waals surface area contributed by atoms with Crippen molar-refractivity contribution >= 4 is 18.3 Å². The van der Waals surface area contributed by atoms with E-state index in [9.17, 15) is 4.79 Å². The average Bonchev–Trinajstić information content (AvgIpc) is 3.10. The first kappa shape index (κ1) is 16.1. The maximum atomic E-state index is 12.6. The van der Waals surface area contributed by atoms with Crippen LogP contribution in [0, 0.1) is 11.8 Å². The lowest BCUT2D eigenvalue weighted by Crippen LogP contribution is -2.41. The van der Waals surface area contributed by atoms with Crippen LogP contribution in [0.2, 0.25) is 0 Å². The van der Waals surface area contributed by atoms with Crippen LogP contribution in [0.1, 0.15) is 57.8 Å². The Labute approximate surface area is 129 Å². The maximum absolute atomic E-state index is 12.6. The summed E-state index contributed by atoms with van der Waals surface area (Å²) in [5.41, 5.74) is 0. The second-order valence-electron chi connectivity index (χ2n) is 6.76. The highest BCUT2D eigenvalue weighted by Gasteiger charge is 2.35. The van der Waals surface area contributed by atoms with Gasteiger partial charge in [0.2, 0.25) is 5.91 Å². The fourth-order valence-electron chi connectivity index (χ4n) is 4.28. The van der Waals surface area contributed by atoms with Crippen LogP contribution in [-0.2, 0) is 4.79 Å². The normalized spacial score (nSPS) is 31.3. The van der Waals surface area contributed by atoms with E-state index in [4.69, 9.17) is 0 Å². The van der Waals surface area contributed by atoms with Crippen molar-refractivity contribution in [3.8, 4) is 0 Å². The van der Waals surface area contributed by atoms with E-state index in [2.05, 4.69) is 10.2 Å². The van der Waals surface area contributed by atoms with Crippen LogP contribution in [0.5, 0.6) is 0 Å². The molecule has 3 rings (SSSR count). The van der Waals surface area contributed by atoms with E-state index in [1.54, 1.807) is 0 Å². The van der Waals surface area contributed by atoms with E-state index in [0.717, 1.165) is 32.0 Å². The van der Waals surface area contributed by atoms with Crippen LogP contribution in [0.3, 0.4) is 0 Å². The second-order valence-corrected chi connectivity index (χ2v) is 6.76. The van der Waals surface area contributed by atoms with Crippen molar-refractivity contribution in [2.45, 2.75) is 63.8 Å². The first-order valence-corrected chi connectivity index (χ1v) is 8.36. The van der Waals surface area contributed by atoms with E-state index >= 15 is 0 Å². The second kappa shape index (κ2) is 7.65. The number of hydrogen-bond acceptors (Lipinski definition) is 2. The fraction of sp³-hybridized carbons (Fsp3) is 0.938. The molecule has 116 valence electrons. The van der Waals surface area contributed by atoms with Crippen molar-refractivity contribution in [3.63, 3.8) is 0 Å². The Morgan fingerprint density at radius 1 is 1.05 bits per heavy atom. The van der Waals surface area contributed by atoms with Gasteiger partial charge in [-0.05, 0) is 38.1 Å². The molecule has 1 aliphatic carbocycles. The molecule has 2 saturated heterocycles. The Morgan fingerprint density at radius 2 is 1.85 bits per heavy atom. The van der Waals surface area contributed by atoms with Gasteiger partial charge >= 0.3 is 0 Å². The number of halogens is 1. The van der Waals surface area contributed by atoms with Gasteiger partial charge in [-0.1, -0.05) is 32.1 Å². The molecule has 2 aliphatic heterocycles. The zero-order chi connectivity index (χ0) is 13.1. The summed E-state index contributed by atoms with van der Waals surface area (Å²) in [7, 11) is 0. The van der Waals surface area contributed by atoms with Crippen LogP contribution >= 0.6 is 12.4 Å². The molecular formula is C16H29ClN2O. The Balaban J connectivity index is 0.00000147. The predicted octanol–water partition coefficient (Wildman–Crippen LogP) is 2.98. The van der Waals surface area contributed by atoms with Crippen molar-refractivity contribution in [2.75, 3.05) is 19.6 Å². The van der Waals surface area contributed by atoms with Gasteiger partial charge in [0.1, 0.15) is 0 Å². The Morgan fingerprint density at radius 3 is 2.55 bits per heavy atom. The minimum absolute atomic E-state index is 0. The van der Waals surface area contributed by atoms with Crippen LogP contribution in [0.15, 0.2) is 0 Å². The molecule has 3 aliphatic rings. The number of carbonyl (C=O) groups excluding carboxylic acids is 1. The summed E-state index contributed by atoms with van der Waals surface area (Å²) >= 11 is 0. The van der Waals surface area contributed by atoms with E-state index in [-0.39, 0.29) is 18.3 Å². The van der Waals surface area contributed by atoms with Crippen molar-refractivity contribution in [3.05, 3.63) is 0 Å². The number of nitrogens with zero attached hydrogens (tertiary/aromatic N) is 1. The van der Waals surface area contributed by atoms with Gasteiger partial charge in [-0.15, -0.1) is 12.4 Å². The standard InChI is InChI=1S/C16H28N2O.ClH/c19-16(14-8-9-17-12-14)18-10-4-7-15(18)11-13-5-2-1-3-6-13;/h13-15,17H,1-12H2;1H. The molecule has 1 N–H and O–H groups in total. The molecule has 3 nitrogen and oxygen atoms in total. The van der Waals surface area contributed by atoms with Gasteiger partial charge in [-0.25, -0.2) is 0 Å². The zero-order valence-electron chi connectivity index (χ0n) is 12.5. The number of rotatable bonds is 3. The summed E-state index contributed by atoms with van der Waals surface area (Å²) in [5.74, 6) is 1.61. The smallest absolute Gasteiger partial charge is 0.227 e. The summed E-state index contributed by atoms with van der Waals surface area (Å²) in [4.78, 5) is 14.8. The molecular weight excluding hydrogens is 272 g/mol. The highest BCUT2D eigenvalue weighted by atomic mass is 35.5. The molecule has 1 saturated carbocycles. The summed E-state index contributed by atoms with van der Waals surface area (Å²) in [5, 5.41) is 3.33. The lowest BCUT2D eigenvalue weighted by molar-refractivity contribution is -0.136. The zero-order valence-corrected chi connectivity index (χ0v) is 13.3. The molecule has 0 radical (unpaired) electrons. The SMILES string of the molecule is Cl.O=C(C1CCNC1)N1CCCC1CC1CCCCC1. The molecule has 1 amide bonds. The molecule has 2 unspecified atom stereocenters. The minimum Gasteiger partial charge on any atom is -0.339 e. The monoisotopic (exact) mass is 300 g/mol. The van der Waals surface area contributed by atoms with Gasteiger partial charge in [0, 0.05) is 19.1 Å². The van der Waals surface area contributed by atoms with Gasteiger partial charge in [0.15, 0.2) is 0 Å². The number of hydrogen-bond donors (Lipinski definition) is 1. The molecule has 4 heteroatoms. The number of amides is 1. The molecule has 0 aromatic carbocycles. The van der Waals surface area contributed by atoms with Crippen molar-refractivity contribution < 1.29 is 4.79 Å². The van der Waals surface area contributed by atoms with Crippen LogP contribution in [0.4, 0.5) is 0 Å². The first-order valence-electron chi connectivity index (χ1n) is 8.36. The first-order chi connectivity index (χ1) is 9.34. The van der Waals surface area contributed by atoms with Crippen LogP contribution < -0.4 is 5.32 Å². The molecule has 2 atom stereocenters. The summed E-state index contributed by atoms with van der Waals surface area (Å²) in [6, 6.07) is 0.566. The third kappa shape index (κ3) is 3.67. The van der Waals surface area contributed by atoms with Gasteiger partial charge in [-0.3, -0.25) is 4.79 Å². The molecule has 2 heterocycles. The lowest BCUT2D eigenvalue weighted by atomic mass is 9.84. The predicted molar refractivity (Wildman–Crippen MR) is 84.2 cm³/mol. The molecule has 3 fully saturated rings. The lowest BCUT2D eigenvalue weighted by Gasteiger charge is -2.31. The molecule has 0 spiro atoms. The van der Waals surface area contributed by atoms with Gasteiger partial charge < -0.3 is 10.2 Å². The number of carbonyl (C=O) groups is 1. The van der Waals surface area contributed by atoms with Crippen molar-refractivity contribution in [2.24, 2.45) is 11.8 Å². The highest BCUT2D eigenvalue weighted by Crippen LogP contribution is 2.33. The third-order valence-corrected chi connectivity index (χ3v) is 5.40. The number of nitrogens with one attached hydrogen (secondary N) is 1. The highest BCUT2D eigenvalue weighted by molar-refractivity contribution is 5.85. The quantitative estimate of drug-likeness (QED) is 0.869. The Hall–Kier alpha value is -0.280. The molecule has 0 aromatic rings. The minimum atomic E-state index is 0. The third-order valence-electron chi connectivity index (χ3n) is 5.40. The molecule has 20 heavy (non-hydrogen) atoms. The van der Waals surface area contributed by atoms with Crippen LogP contribution in [0.25, 0.3) is 0 Å². The van der Waals surface area contributed by atoms with Crippen molar-refractivity contribution in [1.29, 1.82) is 0 Å². The largest absolute Gasteiger partial charge is 0.339 e. The van der Waals surface area contributed by atoms with E-state index < -0.39 is 0 Å². The summed E-state index contributed by atoms with van der Waals surface area (Å²) < 4.78 is 0. The Bertz CT molecular complexity index is 312. The van der Waals surface area contributed by atoms with Gasteiger partial charge in [0.05, 0.1) is 5.92 Å². The number of likely N-dealkylation sites (tertiary alicyclic amines) is 1. The Kier molecular flexibility index (Phi) is 6.16. The summed E-state index contributed by atoms with van der Waals surface area (Å²) in [6.45, 7) is 2.95. The van der Waals surface area contributed by atoms with E-state index in [1.807, 2.05) is 0 Å². The van der Waals surface area contributed by atoms with E-state index in [0.29, 0.717) is 11.9 Å². The summed E-state index contributed by atoms with van der Waals surface area (Å²) in [6.07, 6.45) is 11.9.